The fourth-order valence-corrected chi connectivity index (χ4v) is 2.82. The van der Waals surface area contributed by atoms with Gasteiger partial charge in [-0.05, 0) is 38.0 Å². The van der Waals surface area contributed by atoms with Crippen LogP contribution in [0.5, 0.6) is 5.75 Å². The van der Waals surface area contributed by atoms with Crippen LogP contribution in [0.2, 0.25) is 0 Å². The lowest BCUT2D eigenvalue weighted by Gasteiger charge is -2.26. The maximum Gasteiger partial charge on any atom is 0.307 e. The van der Waals surface area contributed by atoms with Gasteiger partial charge in [0, 0.05) is 5.56 Å². The second-order valence-electron chi connectivity index (χ2n) is 5.61. The highest BCUT2D eigenvalue weighted by Gasteiger charge is 2.34. The molecule has 0 saturated heterocycles. The van der Waals surface area contributed by atoms with Crippen LogP contribution in [0.25, 0.3) is 0 Å². The van der Waals surface area contributed by atoms with E-state index >= 15 is 0 Å². The van der Waals surface area contributed by atoms with Gasteiger partial charge in [0.05, 0.1) is 25.0 Å². The smallest absolute Gasteiger partial charge is 0.307 e. The molecule has 1 amide bonds. The standard InChI is InChI=1S/C17H20FNO4/c1-10(14-9-11(18)7-8-15(14)23-2)19-16(20)12-5-3-4-6-13(12)17(21)22/h3-4,7-10,12-13H,5-6H2,1-2H3,(H,19,20)(H,21,22)/t10-,12-,13+/m0/s1. The van der Waals surface area contributed by atoms with Crippen LogP contribution in [-0.2, 0) is 9.59 Å². The first-order chi connectivity index (χ1) is 10.9. The Kier molecular flexibility index (Phi) is 5.36. The highest BCUT2D eigenvalue weighted by molar-refractivity contribution is 5.85. The number of hydrogen-bond donors (Lipinski definition) is 2. The maximum absolute atomic E-state index is 13.4. The molecule has 0 radical (unpaired) electrons. The van der Waals surface area contributed by atoms with E-state index in [-0.39, 0.29) is 5.91 Å². The summed E-state index contributed by atoms with van der Waals surface area (Å²) in [6.45, 7) is 1.71. The molecule has 6 heteroatoms. The van der Waals surface area contributed by atoms with Crippen molar-refractivity contribution in [3.05, 3.63) is 41.7 Å². The Morgan fingerprint density at radius 2 is 1.96 bits per heavy atom. The van der Waals surface area contributed by atoms with Gasteiger partial charge in [0.1, 0.15) is 11.6 Å². The Labute approximate surface area is 134 Å². The van der Waals surface area contributed by atoms with Crippen LogP contribution in [0, 0.1) is 17.7 Å². The molecule has 1 aromatic rings. The molecule has 1 aliphatic rings. The van der Waals surface area contributed by atoms with Gasteiger partial charge in [-0.1, -0.05) is 12.2 Å². The van der Waals surface area contributed by atoms with Gasteiger partial charge in [-0.15, -0.1) is 0 Å². The summed E-state index contributed by atoms with van der Waals surface area (Å²) in [4.78, 5) is 23.7. The van der Waals surface area contributed by atoms with E-state index in [1.165, 1.54) is 25.3 Å². The number of benzene rings is 1. The number of rotatable bonds is 5. The lowest BCUT2D eigenvalue weighted by atomic mass is 9.82. The number of aliphatic carboxylic acids is 1. The highest BCUT2D eigenvalue weighted by Crippen LogP contribution is 2.29. The number of allylic oxidation sites excluding steroid dienone is 2. The zero-order chi connectivity index (χ0) is 17.0. The molecule has 23 heavy (non-hydrogen) atoms. The highest BCUT2D eigenvalue weighted by atomic mass is 19.1. The van der Waals surface area contributed by atoms with Gasteiger partial charge in [0.25, 0.3) is 0 Å². The molecule has 2 rings (SSSR count). The van der Waals surface area contributed by atoms with E-state index in [1.54, 1.807) is 13.0 Å². The molecule has 0 heterocycles. The summed E-state index contributed by atoms with van der Waals surface area (Å²) in [6, 6.07) is 3.59. The minimum absolute atomic E-state index is 0.338. The van der Waals surface area contributed by atoms with Crippen LogP contribution in [0.15, 0.2) is 30.4 Å². The van der Waals surface area contributed by atoms with Crippen molar-refractivity contribution in [2.75, 3.05) is 7.11 Å². The van der Waals surface area contributed by atoms with E-state index in [4.69, 9.17) is 4.74 Å². The Hall–Kier alpha value is -2.37. The fourth-order valence-electron chi connectivity index (χ4n) is 2.82. The lowest BCUT2D eigenvalue weighted by molar-refractivity contribution is -0.147. The number of halogens is 1. The summed E-state index contributed by atoms with van der Waals surface area (Å²) >= 11 is 0. The molecule has 1 aliphatic carbocycles. The fraction of sp³-hybridized carbons (Fsp3) is 0.412. The van der Waals surface area contributed by atoms with Gasteiger partial charge in [-0.2, -0.15) is 0 Å². The third-order valence-electron chi connectivity index (χ3n) is 4.10. The lowest BCUT2D eigenvalue weighted by Crippen LogP contribution is -2.39. The summed E-state index contributed by atoms with van der Waals surface area (Å²) < 4.78 is 18.6. The van der Waals surface area contributed by atoms with Crippen molar-refractivity contribution in [3.63, 3.8) is 0 Å². The largest absolute Gasteiger partial charge is 0.496 e. The molecule has 0 spiro atoms. The molecular formula is C17H20FNO4. The zero-order valence-corrected chi connectivity index (χ0v) is 13.1. The van der Waals surface area contributed by atoms with Gasteiger partial charge in [-0.25, -0.2) is 4.39 Å². The molecule has 2 N–H and O–H groups in total. The number of hydrogen-bond acceptors (Lipinski definition) is 3. The van der Waals surface area contributed by atoms with Crippen LogP contribution >= 0.6 is 0 Å². The van der Waals surface area contributed by atoms with Crippen LogP contribution in [-0.4, -0.2) is 24.1 Å². The van der Waals surface area contributed by atoms with E-state index in [0.717, 1.165) is 0 Å². The monoisotopic (exact) mass is 321 g/mol. The van der Waals surface area contributed by atoms with E-state index < -0.39 is 29.7 Å². The average molecular weight is 321 g/mol. The minimum Gasteiger partial charge on any atom is -0.496 e. The molecule has 0 aromatic heterocycles. The van der Waals surface area contributed by atoms with E-state index in [1.807, 2.05) is 6.08 Å². The zero-order valence-electron chi connectivity index (χ0n) is 13.1. The predicted molar refractivity (Wildman–Crippen MR) is 82.5 cm³/mol. The molecule has 0 fully saturated rings. The molecule has 0 bridgehead atoms. The van der Waals surface area contributed by atoms with Crippen molar-refractivity contribution in [2.45, 2.75) is 25.8 Å². The number of carboxylic acid groups (broad SMARTS) is 1. The van der Waals surface area contributed by atoms with Crippen molar-refractivity contribution in [3.8, 4) is 5.75 Å². The number of methoxy groups -OCH3 is 1. The number of amides is 1. The van der Waals surface area contributed by atoms with Gasteiger partial charge >= 0.3 is 5.97 Å². The third-order valence-corrected chi connectivity index (χ3v) is 4.10. The predicted octanol–water partition coefficient (Wildman–Crippen LogP) is 2.68. The van der Waals surface area contributed by atoms with E-state index in [0.29, 0.717) is 24.2 Å². The number of carboxylic acids is 1. The Morgan fingerprint density at radius 1 is 1.30 bits per heavy atom. The van der Waals surface area contributed by atoms with Gasteiger partial charge in [-0.3, -0.25) is 9.59 Å². The van der Waals surface area contributed by atoms with Crippen molar-refractivity contribution in [1.82, 2.24) is 5.32 Å². The van der Waals surface area contributed by atoms with Crippen LogP contribution in [0.4, 0.5) is 4.39 Å². The average Bonchev–Trinajstić information content (AvgIpc) is 2.54. The second kappa shape index (κ2) is 7.26. The summed E-state index contributed by atoms with van der Waals surface area (Å²) in [5.74, 6) is -2.64. The van der Waals surface area contributed by atoms with Crippen LogP contribution in [0.1, 0.15) is 31.4 Å². The van der Waals surface area contributed by atoms with Crippen LogP contribution < -0.4 is 10.1 Å². The molecule has 0 unspecified atom stereocenters. The summed E-state index contributed by atoms with van der Waals surface area (Å²) in [7, 11) is 1.47. The van der Waals surface area contributed by atoms with Gasteiger partial charge in [0.15, 0.2) is 0 Å². The third kappa shape index (κ3) is 3.88. The summed E-state index contributed by atoms with van der Waals surface area (Å²) in [6.07, 6.45) is 4.32. The number of ether oxygens (including phenoxy) is 1. The number of nitrogens with one attached hydrogen (secondary N) is 1. The summed E-state index contributed by atoms with van der Waals surface area (Å²) in [5.41, 5.74) is 0.513. The molecule has 3 atom stereocenters. The molecule has 0 aliphatic heterocycles. The van der Waals surface area contributed by atoms with Crippen molar-refractivity contribution < 1.29 is 23.8 Å². The van der Waals surface area contributed by atoms with E-state index in [2.05, 4.69) is 5.32 Å². The molecule has 1 aromatic carbocycles. The first-order valence-corrected chi connectivity index (χ1v) is 7.45. The Bertz CT molecular complexity index is 629. The minimum atomic E-state index is -0.981. The summed E-state index contributed by atoms with van der Waals surface area (Å²) in [5, 5.41) is 12.0. The van der Waals surface area contributed by atoms with E-state index in [9.17, 15) is 19.1 Å². The quantitative estimate of drug-likeness (QED) is 0.818. The molecular weight excluding hydrogens is 301 g/mol. The second-order valence-corrected chi connectivity index (χ2v) is 5.61. The first-order valence-electron chi connectivity index (χ1n) is 7.45. The van der Waals surface area contributed by atoms with Gasteiger partial charge in [0.2, 0.25) is 5.91 Å². The van der Waals surface area contributed by atoms with Gasteiger partial charge < -0.3 is 15.2 Å². The molecule has 0 saturated carbocycles. The molecule has 124 valence electrons. The van der Waals surface area contributed by atoms with Crippen molar-refractivity contribution in [2.24, 2.45) is 11.8 Å². The van der Waals surface area contributed by atoms with Crippen LogP contribution in [0.3, 0.4) is 0 Å². The SMILES string of the molecule is COc1ccc(F)cc1[C@H](C)NC(=O)[C@H]1CC=CC[C@H]1C(=O)O. The Balaban J connectivity index is 2.14. The normalized spacial score (nSPS) is 21.5. The first kappa shape index (κ1) is 17.0. The maximum atomic E-state index is 13.4. The Morgan fingerprint density at radius 3 is 2.57 bits per heavy atom. The molecule has 5 nitrogen and oxygen atoms in total. The van der Waals surface area contributed by atoms with Crippen molar-refractivity contribution >= 4 is 11.9 Å². The number of carbonyl (C=O) groups is 2. The van der Waals surface area contributed by atoms with Crippen molar-refractivity contribution in [1.29, 1.82) is 0 Å². The number of carbonyl (C=O) groups excluding carboxylic acids is 1. The topological polar surface area (TPSA) is 75.6 Å².